The van der Waals surface area contributed by atoms with Crippen molar-refractivity contribution in [2.24, 2.45) is 0 Å². The Labute approximate surface area is 138 Å². The predicted molar refractivity (Wildman–Crippen MR) is 96.6 cm³/mol. The lowest BCUT2D eigenvalue weighted by molar-refractivity contribution is 0.129. The first kappa shape index (κ1) is 15.7. The number of nitrogens with zero attached hydrogens (tertiary/aromatic N) is 1. The molecule has 3 aromatic rings. The number of rotatable bonds is 5. The van der Waals surface area contributed by atoms with Gasteiger partial charge in [0.1, 0.15) is 0 Å². The summed E-state index contributed by atoms with van der Waals surface area (Å²) in [5.41, 5.74) is 2.14. The zero-order valence-electron chi connectivity index (χ0n) is 13.7. The van der Waals surface area contributed by atoms with Gasteiger partial charge in [-0.15, -0.1) is 0 Å². The standard InChI is InChI=1S/C21H23NO/c1-22(2)15-20(21(23)17-9-4-3-5-10-17)19-13-12-16-8-6-7-11-18(16)14-19/h3-14,20-21,23H,15H2,1-2H3/t20?,21-/m0/s1. The van der Waals surface area contributed by atoms with E-state index < -0.39 is 6.10 Å². The summed E-state index contributed by atoms with van der Waals surface area (Å²) in [6.45, 7) is 0.800. The summed E-state index contributed by atoms with van der Waals surface area (Å²) in [5, 5.41) is 13.4. The van der Waals surface area contributed by atoms with E-state index in [2.05, 4.69) is 47.4 Å². The molecule has 0 fully saturated rings. The van der Waals surface area contributed by atoms with Gasteiger partial charge >= 0.3 is 0 Å². The number of aliphatic hydroxyl groups excluding tert-OH is 1. The molecule has 0 saturated heterocycles. The van der Waals surface area contributed by atoms with E-state index in [9.17, 15) is 5.11 Å². The van der Waals surface area contributed by atoms with Gasteiger partial charge in [0.15, 0.2) is 0 Å². The maximum absolute atomic E-state index is 10.9. The molecule has 3 aromatic carbocycles. The topological polar surface area (TPSA) is 23.5 Å². The van der Waals surface area contributed by atoms with Gasteiger partial charge in [0.25, 0.3) is 0 Å². The van der Waals surface area contributed by atoms with Crippen molar-refractivity contribution in [3.63, 3.8) is 0 Å². The summed E-state index contributed by atoms with van der Waals surface area (Å²) in [6, 6.07) is 24.8. The van der Waals surface area contributed by atoms with Gasteiger partial charge in [-0.2, -0.15) is 0 Å². The Balaban J connectivity index is 2.00. The highest BCUT2D eigenvalue weighted by Gasteiger charge is 2.23. The highest BCUT2D eigenvalue weighted by molar-refractivity contribution is 5.83. The first-order valence-electron chi connectivity index (χ1n) is 8.01. The summed E-state index contributed by atoms with van der Waals surface area (Å²) >= 11 is 0. The van der Waals surface area contributed by atoms with E-state index in [1.165, 1.54) is 16.3 Å². The van der Waals surface area contributed by atoms with Crippen molar-refractivity contribution in [2.75, 3.05) is 20.6 Å². The largest absolute Gasteiger partial charge is 0.388 e. The van der Waals surface area contributed by atoms with Crippen molar-refractivity contribution in [3.05, 3.63) is 83.9 Å². The lowest BCUT2D eigenvalue weighted by Gasteiger charge is -2.27. The van der Waals surface area contributed by atoms with Gasteiger partial charge in [-0.25, -0.2) is 0 Å². The molecule has 0 aliphatic heterocycles. The molecular weight excluding hydrogens is 282 g/mol. The van der Waals surface area contributed by atoms with Crippen LogP contribution in [0, 0.1) is 0 Å². The predicted octanol–water partition coefficient (Wildman–Crippen LogP) is 4.22. The fourth-order valence-electron chi connectivity index (χ4n) is 3.10. The summed E-state index contributed by atoms with van der Waals surface area (Å²) < 4.78 is 0. The van der Waals surface area contributed by atoms with Gasteiger partial charge in [-0.1, -0.05) is 72.8 Å². The first-order chi connectivity index (χ1) is 11.1. The van der Waals surface area contributed by atoms with Crippen molar-refractivity contribution in [3.8, 4) is 0 Å². The molecular formula is C21H23NO. The maximum Gasteiger partial charge on any atom is 0.0870 e. The van der Waals surface area contributed by atoms with Crippen LogP contribution in [0.4, 0.5) is 0 Å². The van der Waals surface area contributed by atoms with Crippen LogP contribution in [0.3, 0.4) is 0 Å². The van der Waals surface area contributed by atoms with Gasteiger partial charge in [0.2, 0.25) is 0 Å². The van der Waals surface area contributed by atoms with E-state index in [0.717, 1.165) is 12.1 Å². The molecule has 1 N–H and O–H groups in total. The quantitative estimate of drug-likeness (QED) is 0.763. The third-order valence-corrected chi connectivity index (χ3v) is 4.29. The van der Waals surface area contributed by atoms with Crippen molar-refractivity contribution >= 4 is 10.8 Å². The second-order valence-electron chi connectivity index (χ2n) is 6.33. The monoisotopic (exact) mass is 305 g/mol. The van der Waals surface area contributed by atoms with Crippen LogP contribution < -0.4 is 0 Å². The van der Waals surface area contributed by atoms with Gasteiger partial charge in [-0.3, -0.25) is 0 Å². The Hall–Kier alpha value is -2.16. The minimum absolute atomic E-state index is 0.0389. The molecule has 3 rings (SSSR count). The molecule has 0 saturated carbocycles. The number of hydrogen-bond acceptors (Lipinski definition) is 2. The zero-order chi connectivity index (χ0) is 16.2. The smallest absolute Gasteiger partial charge is 0.0870 e. The molecule has 0 heterocycles. The van der Waals surface area contributed by atoms with E-state index in [4.69, 9.17) is 0 Å². The molecule has 0 amide bonds. The van der Waals surface area contributed by atoms with Gasteiger partial charge < -0.3 is 10.0 Å². The molecule has 0 aliphatic carbocycles. The maximum atomic E-state index is 10.9. The minimum atomic E-state index is -0.514. The van der Waals surface area contributed by atoms with Crippen molar-refractivity contribution < 1.29 is 5.11 Å². The highest BCUT2D eigenvalue weighted by atomic mass is 16.3. The van der Waals surface area contributed by atoms with Gasteiger partial charge in [-0.05, 0) is 36.0 Å². The first-order valence-corrected chi connectivity index (χ1v) is 8.01. The summed E-state index contributed by atoms with van der Waals surface area (Å²) in [6.07, 6.45) is -0.514. The van der Waals surface area contributed by atoms with E-state index in [1.807, 2.05) is 44.4 Å². The number of aliphatic hydroxyl groups is 1. The van der Waals surface area contributed by atoms with Crippen LogP contribution in [-0.4, -0.2) is 30.6 Å². The zero-order valence-corrected chi connectivity index (χ0v) is 13.7. The lowest BCUT2D eigenvalue weighted by atomic mass is 9.87. The molecule has 0 aliphatic rings. The highest BCUT2D eigenvalue weighted by Crippen LogP contribution is 2.33. The molecule has 23 heavy (non-hydrogen) atoms. The SMILES string of the molecule is CN(C)CC(c1ccc2ccccc2c1)[C@@H](O)c1ccccc1. The molecule has 2 atom stereocenters. The average molecular weight is 305 g/mol. The van der Waals surface area contributed by atoms with Crippen LogP contribution in [0.5, 0.6) is 0 Å². The number of likely N-dealkylation sites (N-methyl/N-ethyl adjacent to an activating group) is 1. The molecule has 2 heteroatoms. The fourth-order valence-corrected chi connectivity index (χ4v) is 3.10. The van der Waals surface area contributed by atoms with E-state index in [1.54, 1.807) is 0 Å². The molecule has 0 bridgehead atoms. The Morgan fingerprint density at radius 2 is 1.43 bits per heavy atom. The summed E-state index contributed by atoms with van der Waals surface area (Å²) in [5.74, 6) is 0.0389. The molecule has 0 spiro atoms. The second kappa shape index (κ2) is 6.95. The van der Waals surface area contributed by atoms with Crippen molar-refractivity contribution in [2.45, 2.75) is 12.0 Å². The van der Waals surface area contributed by atoms with E-state index >= 15 is 0 Å². The second-order valence-corrected chi connectivity index (χ2v) is 6.33. The summed E-state index contributed by atoms with van der Waals surface area (Å²) in [4.78, 5) is 2.13. The van der Waals surface area contributed by atoms with Crippen LogP contribution in [0.1, 0.15) is 23.1 Å². The van der Waals surface area contributed by atoms with Crippen LogP contribution in [0.15, 0.2) is 72.8 Å². The Bertz CT molecular complexity index is 767. The van der Waals surface area contributed by atoms with Crippen LogP contribution in [0.2, 0.25) is 0 Å². The van der Waals surface area contributed by atoms with Gasteiger partial charge in [0, 0.05) is 12.5 Å². The van der Waals surface area contributed by atoms with E-state index in [-0.39, 0.29) is 5.92 Å². The molecule has 0 aromatic heterocycles. The minimum Gasteiger partial charge on any atom is -0.388 e. The van der Waals surface area contributed by atoms with Crippen LogP contribution >= 0.6 is 0 Å². The molecule has 118 valence electrons. The molecule has 2 nitrogen and oxygen atoms in total. The van der Waals surface area contributed by atoms with Crippen LogP contribution in [0.25, 0.3) is 10.8 Å². The van der Waals surface area contributed by atoms with Crippen LogP contribution in [-0.2, 0) is 0 Å². The normalized spacial score (nSPS) is 14.1. The third kappa shape index (κ3) is 3.61. The Morgan fingerprint density at radius 1 is 0.783 bits per heavy atom. The fraction of sp³-hybridized carbons (Fsp3) is 0.238. The van der Waals surface area contributed by atoms with E-state index in [0.29, 0.717) is 0 Å². The average Bonchev–Trinajstić information content (AvgIpc) is 2.59. The Kier molecular flexibility index (Phi) is 4.75. The lowest BCUT2D eigenvalue weighted by Crippen LogP contribution is -2.25. The summed E-state index contributed by atoms with van der Waals surface area (Å²) in [7, 11) is 4.09. The van der Waals surface area contributed by atoms with Crippen molar-refractivity contribution in [1.29, 1.82) is 0 Å². The molecule has 0 radical (unpaired) electrons. The third-order valence-electron chi connectivity index (χ3n) is 4.29. The number of fused-ring (bicyclic) bond motifs is 1. The Morgan fingerprint density at radius 3 is 2.13 bits per heavy atom. The van der Waals surface area contributed by atoms with Gasteiger partial charge in [0.05, 0.1) is 6.10 Å². The molecule has 1 unspecified atom stereocenters. The number of hydrogen-bond donors (Lipinski definition) is 1. The number of benzene rings is 3. The van der Waals surface area contributed by atoms with Crippen molar-refractivity contribution in [1.82, 2.24) is 4.90 Å².